The predicted octanol–water partition coefficient (Wildman–Crippen LogP) is 5.54. The molecule has 0 saturated carbocycles. The standard InChI is InChI=1S/C18H32P2/c1-5-13-19(14-6-2)17-9-11-18(12-10-17)20(15-7-3)16-8-4/h9-12H,5-8,13-16H2,1-4H3. The summed E-state index contributed by atoms with van der Waals surface area (Å²) in [6.45, 7) is 9.28. The second-order valence-corrected chi connectivity index (χ2v) is 10.5. The van der Waals surface area contributed by atoms with Gasteiger partial charge in [0.2, 0.25) is 0 Å². The van der Waals surface area contributed by atoms with E-state index in [1.165, 1.54) is 50.3 Å². The van der Waals surface area contributed by atoms with Crippen LogP contribution in [0.2, 0.25) is 0 Å². The molecule has 114 valence electrons. The topological polar surface area (TPSA) is 0 Å². The zero-order chi connectivity index (χ0) is 14.8. The van der Waals surface area contributed by atoms with E-state index in [0.717, 1.165) is 0 Å². The molecule has 0 unspecified atom stereocenters. The molecule has 0 aliphatic carbocycles. The third-order valence-corrected chi connectivity index (χ3v) is 9.56. The van der Waals surface area contributed by atoms with E-state index >= 15 is 0 Å². The Labute approximate surface area is 129 Å². The van der Waals surface area contributed by atoms with E-state index < -0.39 is 0 Å². The lowest BCUT2D eigenvalue weighted by Gasteiger charge is -2.20. The molecule has 1 aromatic rings. The summed E-state index contributed by atoms with van der Waals surface area (Å²) < 4.78 is 0. The Balaban J connectivity index is 2.79. The molecule has 0 spiro atoms. The normalized spacial score (nSPS) is 11.5. The van der Waals surface area contributed by atoms with Gasteiger partial charge in [0.25, 0.3) is 0 Å². The Bertz CT molecular complexity index is 298. The molecule has 0 aliphatic rings. The van der Waals surface area contributed by atoms with E-state index in [-0.39, 0.29) is 15.8 Å². The fourth-order valence-electron chi connectivity index (χ4n) is 2.69. The van der Waals surface area contributed by atoms with Gasteiger partial charge in [-0.25, -0.2) is 0 Å². The third-order valence-electron chi connectivity index (χ3n) is 3.55. The quantitative estimate of drug-likeness (QED) is 0.498. The summed E-state index contributed by atoms with van der Waals surface area (Å²) in [5.41, 5.74) is 0. The van der Waals surface area contributed by atoms with E-state index in [1.807, 2.05) is 0 Å². The molecule has 0 aromatic heterocycles. The third kappa shape index (κ3) is 5.83. The van der Waals surface area contributed by atoms with Crippen molar-refractivity contribution in [1.29, 1.82) is 0 Å². The number of rotatable bonds is 10. The first-order valence-corrected chi connectivity index (χ1v) is 11.8. The number of hydrogen-bond donors (Lipinski definition) is 0. The van der Waals surface area contributed by atoms with Gasteiger partial charge in [0, 0.05) is 0 Å². The van der Waals surface area contributed by atoms with Gasteiger partial charge in [0.1, 0.15) is 0 Å². The van der Waals surface area contributed by atoms with Crippen LogP contribution in [0.15, 0.2) is 24.3 Å². The molecule has 0 aliphatic heterocycles. The SMILES string of the molecule is CCCP(CCC)c1ccc(P(CCC)CCC)cc1. The maximum atomic E-state index is 2.45. The summed E-state index contributed by atoms with van der Waals surface area (Å²) in [6, 6.07) is 9.81. The molecule has 0 saturated heterocycles. The molecule has 0 radical (unpaired) electrons. The van der Waals surface area contributed by atoms with Crippen LogP contribution in [-0.2, 0) is 0 Å². The Morgan fingerprint density at radius 3 is 1.00 bits per heavy atom. The molecule has 0 nitrogen and oxygen atoms in total. The Morgan fingerprint density at radius 2 is 0.800 bits per heavy atom. The summed E-state index contributed by atoms with van der Waals surface area (Å²) in [5.74, 6) is 0. The van der Waals surface area contributed by atoms with E-state index in [0.29, 0.717) is 0 Å². The van der Waals surface area contributed by atoms with Crippen molar-refractivity contribution in [2.75, 3.05) is 24.6 Å². The maximum Gasteiger partial charge on any atom is -0.0240 e. The van der Waals surface area contributed by atoms with Crippen molar-refractivity contribution < 1.29 is 0 Å². The van der Waals surface area contributed by atoms with Crippen LogP contribution < -0.4 is 10.6 Å². The minimum Gasteiger partial charge on any atom is -0.0753 e. The first-order chi connectivity index (χ1) is 9.76. The molecule has 0 atom stereocenters. The minimum atomic E-state index is 0.104. The number of hydrogen-bond acceptors (Lipinski definition) is 0. The van der Waals surface area contributed by atoms with Crippen LogP contribution in [0.4, 0.5) is 0 Å². The Kier molecular flexibility index (Phi) is 9.75. The van der Waals surface area contributed by atoms with Gasteiger partial charge in [-0.2, -0.15) is 0 Å². The van der Waals surface area contributed by atoms with Crippen molar-refractivity contribution >= 4 is 26.5 Å². The van der Waals surface area contributed by atoms with Gasteiger partial charge in [0.05, 0.1) is 0 Å². The molecule has 0 bridgehead atoms. The van der Waals surface area contributed by atoms with Crippen LogP contribution in [-0.4, -0.2) is 24.6 Å². The van der Waals surface area contributed by atoms with E-state index in [2.05, 4.69) is 52.0 Å². The van der Waals surface area contributed by atoms with Gasteiger partial charge in [-0.1, -0.05) is 93.5 Å². The molecule has 1 aromatic carbocycles. The summed E-state index contributed by atoms with van der Waals surface area (Å²) in [4.78, 5) is 0. The van der Waals surface area contributed by atoms with Crippen LogP contribution in [0.5, 0.6) is 0 Å². The average Bonchev–Trinajstić information content (AvgIpc) is 2.47. The molecular formula is C18H32P2. The summed E-state index contributed by atoms with van der Waals surface area (Å²) in [7, 11) is 0.208. The van der Waals surface area contributed by atoms with E-state index in [9.17, 15) is 0 Å². The zero-order valence-electron chi connectivity index (χ0n) is 13.9. The molecule has 0 N–H and O–H groups in total. The summed E-state index contributed by atoms with van der Waals surface area (Å²) >= 11 is 0. The van der Waals surface area contributed by atoms with Crippen molar-refractivity contribution in [3.05, 3.63) is 24.3 Å². The van der Waals surface area contributed by atoms with Gasteiger partial charge in [-0.3, -0.25) is 0 Å². The van der Waals surface area contributed by atoms with Gasteiger partial charge < -0.3 is 0 Å². The maximum absolute atomic E-state index is 2.45. The lowest BCUT2D eigenvalue weighted by molar-refractivity contribution is 1.06. The highest BCUT2D eigenvalue weighted by Gasteiger charge is 2.12. The highest BCUT2D eigenvalue weighted by Crippen LogP contribution is 2.38. The molecule has 20 heavy (non-hydrogen) atoms. The van der Waals surface area contributed by atoms with Crippen LogP contribution >= 0.6 is 15.8 Å². The highest BCUT2D eigenvalue weighted by molar-refractivity contribution is 7.66. The molecule has 2 heteroatoms. The van der Waals surface area contributed by atoms with Gasteiger partial charge in [0.15, 0.2) is 0 Å². The summed E-state index contributed by atoms with van der Waals surface area (Å²) in [6.07, 6.45) is 10.9. The molecular weight excluding hydrogens is 278 g/mol. The van der Waals surface area contributed by atoms with Crippen LogP contribution in [0.3, 0.4) is 0 Å². The largest absolute Gasteiger partial charge is 0.0753 e. The fraction of sp³-hybridized carbons (Fsp3) is 0.667. The van der Waals surface area contributed by atoms with E-state index in [1.54, 1.807) is 10.6 Å². The lowest BCUT2D eigenvalue weighted by atomic mass is 10.4. The number of benzene rings is 1. The molecule has 0 amide bonds. The minimum absolute atomic E-state index is 0.104. The van der Waals surface area contributed by atoms with Crippen molar-refractivity contribution in [2.45, 2.75) is 53.4 Å². The smallest absolute Gasteiger partial charge is 0.0240 e. The van der Waals surface area contributed by atoms with Crippen LogP contribution in [0, 0.1) is 0 Å². The van der Waals surface area contributed by atoms with Gasteiger partial charge in [-0.15, -0.1) is 0 Å². The van der Waals surface area contributed by atoms with Crippen molar-refractivity contribution in [1.82, 2.24) is 0 Å². The fourth-order valence-corrected chi connectivity index (χ4v) is 7.47. The Morgan fingerprint density at radius 1 is 0.550 bits per heavy atom. The monoisotopic (exact) mass is 310 g/mol. The molecule has 1 rings (SSSR count). The van der Waals surface area contributed by atoms with Crippen molar-refractivity contribution in [2.24, 2.45) is 0 Å². The van der Waals surface area contributed by atoms with Gasteiger partial charge in [-0.05, 0) is 35.3 Å². The first kappa shape index (κ1) is 18.1. The Hall–Kier alpha value is 0.0800. The molecule has 0 fully saturated rings. The highest BCUT2D eigenvalue weighted by atomic mass is 31.1. The van der Waals surface area contributed by atoms with Crippen molar-refractivity contribution in [3.63, 3.8) is 0 Å². The van der Waals surface area contributed by atoms with Crippen LogP contribution in [0.25, 0.3) is 0 Å². The molecule has 0 heterocycles. The summed E-state index contributed by atoms with van der Waals surface area (Å²) in [5, 5.41) is 3.27. The second kappa shape index (κ2) is 10.8. The second-order valence-electron chi connectivity index (χ2n) is 5.49. The van der Waals surface area contributed by atoms with Crippen LogP contribution in [0.1, 0.15) is 53.4 Å². The lowest BCUT2D eigenvalue weighted by Crippen LogP contribution is -2.12. The van der Waals surface area contributed by atoms with Gasteiger partial charge >= 0.3 is 0 Å². The van der Waals surface area contributed by atoms with Crippen molar-refractivity contribution in [3.8, 4) is 0 Å². The first-order valence-electron chi connectivity index (χ1n) is 8.36. The zero-order valence-corrected chi connectivity index (χ0v) is 15.6. The van der Waals surface area contributed by atoms with E-state index in [4.69, 9.17) is 0 Å². The average molecular weight is 310 g/mol. The predicted molar refractivity (Wildman–Crippen MR) is 100 cm³/mol.